The predicted octanol–water partition coefficient (Wildman–Crippen LogP) is 25.4. The summed E-state index contributed by atoms with van der Waals surface area (Å²) in [6, 6.07) is -0.164. The highest BCUT2D eigenvalue weighted by Crippen LogP contribution is 2.15. The molecule has 2 amide bonds. The van der Waals surface area contributed by atoms with Crippen molar-refractivity contribution in [3.05, 3.63) is 194 Å². The smallest absolute Gasteiger partial charge is 0.306 e. The van der Waals surface area contributed by atoms with Crippen molar-refractivity contribution in [1.29, 1.82) is 0 Å². The zero-order valence-electron chi connectivity index (χ0n) is 83.8. The number of hydrogen-bond acceptors (Lipinski definition) is 16. The van der Waals surface area contributed by atoms with E-state index in [9.17, 15) is 38.4 Å². The summed E-state index contributed by atoms with van der Waals surface area (Å²) in [6.45, 7) is 19.9. The number of rotatable bonds is 78. The number of Topliss-reactive ketones (excluding diaryl/α,β-unsaturated/α-hetero) is 2. The third kappa shape index (κ3) is 105. The van der Waals surface area contributed by atoms with Gasteiger partial charge in [-0.25, -0.2) is 0 Å². The maximum atomic E-state index is 12.3. The molecule has 18 nitrogen and oxygen atoms in total. The van der Waals surface area contributed by atoms with Crippen LogP contribution in [0, 0.1) is 0 Å². The minimum absolute atomic E-state index is 0.00874. The lowest BCUT2D eigenvalue weighted by Gasteiger charge is -2.22. The molecule has 0 spiro atoms. The average molecular weight is 1780 g/mol. The quantitative estimate of drug-likeness (QED) is 0.0251. The van der Waals surface area contributed by atoms with Crippen LogP contribution in [0.3, 0.4) is 0 Å². The van der Waals surface area contributed by atoms with Crippen LogP contribution in [-0.4, -0.2) is 187 Å². The Morgan fingerprint density at radius 1 is 0.234 bits per heavy atom. The van der Waals surface area contributed by atoms with Gasteiger partial charge in [-0.3, -0.25) is 38.4 Å². The number of esters is 4. The van der Waals surface area contributed by atoms with Crippen LogP contribution >= 0.6 is 0 Å². The molecule has 128 heavy (non-hydrogen) atoms. The van der Waals surface area contributed by atoms with Gasteiger partial charge in [-0.15, -0.1) is 0 Å². The van der Waals surface area contributed by atoms with Crippen LogP contribution in [0.1, 0.15) is 338 Å². The van der Waals surface area contributed by atoms with Crippen LogP contribution in [0.4, 0.5) is 0 Å². The summed E-state index contributed by atoms with van der Waals surface area (Å²) in [5.74, 6) is -0.202. The van der Waals surface area contributed by atoms with E-state index >= 15 is 0 Å². The predicted molar refractivity (Wildman–Crippen MR) is 545 cm³/mol. The maximum Gasteiger partial charge on any atom is 0.306 e. The van der Waals surface area contributed by atoms with Gasteiger partial charge in [0, 0.05) is 96.4 Å². The molecule has 0 saturated carbocycles. The molecule has 0 fully saturated rings. The van der Waals surface area contributed by atoms with Gasteiger partial charge in [0.2, 0.25) is 11.8 Å². The van der Waals surface area contributed by atoms with Crippen molar-refractivity contribution in [2.75, 3.05) is 95.8 Å². The molecule has 0 aromatic rings. The summed E-state index contributed by atoms with van der Waals surface area (Å²) in [4.78, 5) is 106. The first kappa shape index (κ1) is 126. The fourth-order valence-corrected chi connectivity index (χ4v) is 12.4. The van der Waals surface area contributed by atoms with Gasteiger partial charge in [-0.2, -0.15) is 0 Å². The molecule has 0 radical (unpaired) electrons. The molecule has 4 unspecified atom stereocenters. The van der Waals surface area contributed by atoms with Gasteiger partial charge in [0.25, 0.3) is 0 Å². The Hall–Kier alpha value is -8.16. The first-order valence-electron chi connectivity index (χ1n) is 49.3. The number of nitrogens with zero attached hydrogens (tertiary/aromatic N) is 4. The van der Waals surface area contributed by atoms with Gasteiger partial charge in [-0.05, 0) is 275 Å². The number of carbonyl (C=O) groups is 8. The van der Waals surface area contributed by atoms with E-state index in [1.54, 1.807) is 0 Å². The number of likely N-dealkylation sites (N-methyl/N-ethyl adjacent to an activating group) is 4. The Morgan fingerprint density at radius 2 is 0.461 bits per heavy atom. The highest BCUT2D eigenvalue weighted by molar-refractivity contribution is 5.79. The third-order valence-electron chi connectivity index (χ3n) is 19.0. The molecule has 2 N–H and O–H groups in total. The summed E-state index contributed by atoms with van der Waals surface area (Å²) in [5.41, 5.74) is 0. The van der Waals surface area contributed by atoms with E-state index in [-0.39, 0.29) is 72.9 Å². The fraction of sp³-hybridized carbons (Fsp3) is 0.636. The van der Waals surface area contributed by atoms with Crippen LogP contribution in [0.2, 0.25) is 0 Å². The minimum Gasteiger partial charge on any atom is -0.463 e. The molecule has 0 aliphatic rings. The minimum atomic E-state index is -0.443. The zero-order valence-corrected chi connectivity index (χ0v) is 83.8. The number of hydrogen-bond donors (Lipinski definition) is 2. The SMILES string of the molecule is CC/C=C\C/C=C\CCCC(=O)CCC(CN(C)C)NC(=O)CCC/C=C\C/C=C\CC.CC/C=C\C/C=C\CCCC(=O)CCC(CN(C)C)OC(=O)CCC/C=C\C/C=C\CC.CC/C=C\C/C=C\CCCC(=O)NC(COC(=O)CCC/C=C\C/C=C\CC)CN(C)C.CC/C=C\C/C=C\CCCC(=O)OCC(CN(C)C)OC(=O)CCC/C=C\C/C=C\CC. The van der Waals surface area contributed by atoms with Gasteiger partial charge in [0.05, 0.1) is 6.04 Å². The number of allylic oxidation sites excluding steroid dienone is 32. The Bertz CT molecular complexity index is 2770. The van der Waals surface area contributed by atoms with E-state index in [4.69, 9.17) is 18.9 Å². The number of ketones is 2. The van der Waals surface area contributed by atoms with Gasteiger partial charge in [0.15, 0.2) is 0 Å². The number of amides is 2. The Balaban J connectivity index is -0.000000801. The monoisotopic (exact) mass is 1780 g/mol. The number of nitrogens with one attached hydrogen (secondary N) is 2. The van der Waals surface area contributed by atoms with Gasteiger partial charge >= 0.3 is 23.9 Å². The van der Waals surface area contributed by atoms with Crippen LogP contribution in [0.25, 0.3) is 0 Å². The zero-order chi connectivity index (χ0) is 95.5. The summed E-state index contributed by atoms with van der Waals surface area (Å²) < 4.78 is 22.0. The topological polar surface area (TPSA) is 210 Å². The molecule has 0 aromatic heterocycles. The molecule has 18 heteroatoms. The number of carbonyl (C=O) groups excluding carboxylic acids is 8. The van der Waals surface area contributed by atoms with E-state index in [2.05, 4.69) is 265 Å². The lowest BCUT2D eigenvalue weighted by atomic mass is 10.0. The maximum absolute atomic E-state index is 12.3. The normalized spacial score (nSPS) is 13.2. The van der Waals surface area contributed by atoms with Crippen molar-refractivity contribution in [3.63, 3.8) is 0 Å². The Labute approximate surface area is 782 Å². The van der Waals surface area contributed by atoms with Crippen molar-refractivity contribution in [1.82, 2.24) is 30.2 Å². The average Bonchev–Trinajstić information content (AvgIpc) is 0.956. The number of unbranched alkanes of at least 4 members (excludes halogenated alkanes) is 8. The summed E-state index contributed by atoms with van der Waals surface area (Å²) in [6.07, 6.45) is 104. The molecule has 0 heterocycles. The molecule has 0 bridgehead atoms. The van der Waals surface area contributed by atoms with Gasteiger partial charge < -0.3 is 49.2 Å². The molecule has 728 valence electrons. The standard InChI is InChI=1S/C28H48N2O2.C28H47NO3.C27H46N2O3.C27H45NO4/c1-5-7-9-11-13-15-17-19-21-27(31)24-23-26(25-30(3)4)29-28(32)22-20-18-16-14-12-10-8-6-2;1-5-7-9-11-13-15-17-19-21-26(30)23-24-27(25-29(3)4)32-28(31)22-20-18-16-14-12-10-8-6-2;1-5-7-9-11-13-15-17-19-21-26(30)28-25(23-29(3)4)24-32-27(31)22-20-18-16-14-12-10-8-6-2;1-5-7-9-11-13-15-17-19-21-26(29)31-24-25(23-28(3)4)32-27(30)22-20-18-16-14-12-10-8-6-2/h7-10,13-16,26H,5-6,11-12,17-25H2,1-4H3,(H,29,32);7-10,13-16,27H,5-6,11-12,17-25H2,1-4H3;7-10,13-16,25H,5-6,11-12,17-24H2,1-4H3,(H,28,30);7-10,13-16,25H,5-6,11-12,17-24H2,1-4H3/b4*9-7-,10-8-,15-13-,16-14-. The van der Waals surface area contributed by atoms with E-state index in [0.29, 0.717) is 102 Å². The second kappa shape index (κ2) is 101. The van der Waals surface area contributed by atoms with Crippen LogP contribution in [0.15, 0.2) is 194 Å². The largest absolute Gasteiger partial charge is 0.463 e. The molecule has 0 aliphatic carbocycles. The summed E-state index contributed by atoms with van der Waals surface area (Å²) >= 11 is 0. The second-order valence-electron chi connectivity index (χ2n) is 33.2. The van der Waals surface area contributed by atoms with Crippen LogP contribution in [0.5, 0.6) is 0 Å². The molecule has 4 atom stereocenters. The van der Waals surface area contributed by atoms with Crippen molar-refractivity contribution in [3.8, 4) is 0 Å². The van der Waals surface area contributed by atoms with Crippen molar-refractivity contribution in [2.24, 2.45) is 0 Å². The van der Waals surface area contributed by atoms with Crippen LogP contribution in [-0.2, 0) is 57.3 Å². The van der Waals surface area contributed by atoms with Crippen molar-refractivity contribution < 1.29 is 57.3 Å². The molecule has 0 rings (SSSR count). The Morgan fingerprint density at radius 3 is 0.750 bits per heavy atom. The lowest BCUT2D eigenvalue weighted by molar-refractivity contribution is -0.160. The first-order chi connectivity index (χ1) is 62.0. The first-order valence-corrected chi connectivity index (χ1v) is 49.3. The third-order valence-corrected chi connectivity index (χ3v) is 19.0. The fourth-order valence-electron chi connectivity index (χ4n) is 12.4. The van der Waals surface area contributed by atoms with E-state index in [0.717, 1.165) is 212 Å². The second-order valence-corrected chi connectivity index (χ2v) is 33.2. The molecule has 0 saturated heterocycles. The Kier molecular flexibility index (Phi) is 99.5. The van der Waals surface area contributed by atoms with Crippen molar-refractivity contribution >= 4 is 47.3 Å². The molecular formula is C110H186N6O12. The molecular weight excluding hydrogens is 1600 g/mol. The highest BCUT2D eigenvalue weighted by Gasteiger charge is 2.21. The number of ether oxygens (including phenoxy) is 4. The molecule has 0 aliphatic heterocycles. The van der Waals surface area contributed by atoms with E-state index in [1.165, 1.54) is 0 Å². The van der Waals surface area contributed by atoms with Gasteiger partial charge in [0.1, 0.15) is 37.0 Å². The highest BCUT2D eigenvalue weighted by atomic mass is 16.6. The van der Waals surface area contributed by atoms with E-state index < -0.39 is 6.10 Å². The van der Waals surface area contributed by atoms with E-state index in [1.807, 2.05) is 71.1 Å². The summed E-state index contributed by atoms with van der Waals surface area (Å²) in [7, 11) is 15.6. The molecule has 0 aromatic carbocycles. The summed E-state index contributed by atoms with van der Waals surface area (Å²) in [5, 5.41) is 6.15. The lowest BCUT2D eigenvalue weighted by Crippen LogP contribution is -2.45. The van der Waals surface area contributed by atoms with Crippen LogP contribution < -0.4 is 10.6 Å². The van der Waals surface area contributed by atoms with Crippen molar-refractivity contribution in [2.45, 2.75) is 362 Å². The van der Waals surface area contributed by atoms with Gasteiger partial charge in [-0.1, -0.05) is 250 Å².